The van der Waals surface area contributed by atoms with Crippen LogP contribution in [0.5, 0.6) is 0 Å². The van der Waals surface area contributed by atoms with E-state index in [0.29, 0.717) is 5.13 Å². The SMILES string of the molecule is Cc1nnc(NC(=O)NCC(C)O)s1. The number of aryl methyl sites for hydroxylation is 1. The molecule has 7 heteroatoms. The lowest BCUT2D eigenvalue weighted by atomic mass is 10.4. The average molecular weight is 216 g/mol. The van der Waals surface area contributed by atoms with Crippen LogP contribution in [0.15, 0.2) is 0 Å². The molecule has 0 spiro atoms. The number of urea groups is 1. The Kier molecular flexibility index (Phi) is 3.78. The maximum Gasteiger partial charge on any atom is 0.321 e. The van der Waals surface area contributed by atoms with E-state index in [9.17, 15) is 4.79 Å². The number of anilines is 1. The summed E-state index contributed by atoms with van der Waals surface area (Å²) in [5, 5.41) is 22.6. The minimum atomic E-state index is -0.558. The third-order valence-corrected chi connectivity index (χ3v) is 2.06. The first-order valence-electron chi connectivity index (χ1n) is 4.11. The molecule has 0 aliphatic heterocycles. The van der Waals surface area contributed by atoms with Gasteiger partial charge in [0.25, 0.3) is 0 Å². The molecular weight excluding hydrogens is 204 g/mol. The van der Waals surface area contributed by atoms with Crippen molar-refractivity contribution in [2.24, 2.45) is 0 Å². The minimum Gasteiger partial charge on any atom is -0.392 e. The van der Waals surface area contributed by atoms with Crippen molar-refractivity contribution in [3.8, 4) is 0 Å². The Morgan fingerprint density at radius 3 is 2.86 bits per heavy atom. The average Bonchev–Trinajstić information content (AvgIpc) is 2.48. The van der Waals surface area contributed by atoms with E-state index in [1.807, 2.05) is 0 Å². The summed E-state index contributed by atoms with van der Waals surface area (Å²) in [7, 11) is 0. The molecule has 0 aliphatic rings. The van der Waals surface area contributed by atoms with Crippen molar-refractivity contribution in [3.63, 3.8) is 0 Å². The molecule has 14 heavy (non-hydrogen) atoms. The van der Waals surface area contributed by atoms with Crippen LogP contribution in [0, 0.1) is 6.92 Å². The fourth-order valence-electron chi connectivity index (χ4n) is 0.729. The van der Waals surface area contributed by atoms with E-state index in [0.717, 1.165) is 5.01 Å². The number of hydrogen-bond donors (Lipinski definition) is 3. The summed E-state index contributed by atoms with van der Waals surface area (Å²) < 4.78 is 0. The molecule has 0 saturated heterocycles. The zero-order chi connectivity index (χ0) is 10.6. The second kappa shape index (κ2) is 4.87. The molecule has 1 heterocycles. The van der Waals surface area contributed by atoms with Gasteiger partial charge in [-0.05, 0) is 13.8 Å². The van der Waals surface area contributed by atoms with E-state index in [2.05, 4.69) is 20.8 Å². The van der Waals surface area contributed by atoms with E-state index < -0.39 is 6.10 Å². The van der Waals surface area contributed by atoms with Crippen LogP contribution in [-0.2, 0) is 0 Å². The number of amides is 2. The number of aliphatic hydroxyl groups excluding tert-OH is 1. The quantitative estimate of drug-likeness (QED) is 0.680. The zero-order valence-corrected chi connectivity index (χ0v) is 8.76. The monoisotopic (exact) mass is 216 g/mol. The van der Waals surface area contributed by atoms with E-state index in [1.54, 1.807) is 13.8 Å². The van der Waals surface area contributed by atoms with Crippen LogP contribution in [0.2, 0.25) is 0 Å². The molecule has 1 unspecified atom stereocenters. The topological polar surface area (TPSA) is 87.1 Å². The molecule has 0 bridgehead atoms. The summed E-state index contributed by atoms with van der Waals surface area (Å²) in [5.74, 6) is 0. The normalized spacial score (nSPS) is 12.2. The van der Waals surface area contributed by atoms with Gasteiger partial charge in [0.15, 0.2) is 0 Å². The summed E-state index contributed by atoms with van der Waals surface area (Å²) in [6.45, 7) is 3.61. The minimum absolute atomic E-state index is 0.212. The van der Waals surface area contributed by atoms with Crippen LogP contribution in [0.1, 0.15) is 11.9 Å². The van der Waals surface area contributed by atoms with Crippen LogP contribution in [0.3, 0.4) is 0 Å². The zero-order valence-electron chi connectivity index (χ0n) is 7.94. The van der Waals surface area contributed by atoms with Crippen LogP contribution < -0.4 is 10.6 Å². The lowest BCUT2D eigenvalue weighted by Gasteiger charge is -2.06. The van der Waals surface area contributed by atoms with Gasteiger partial charge in [-0.2, -0.15) is 0 Å². The molecule has 1 aromatic rings. The molecule has 0 aliphatic carbocycles. The van der Waals surface area contributed by atoms with E-state index >= 15 is 0 Å². The van der Waals surface area contributed by atoms with E-state index in [-0.39, 0.29) is 12.6 Å². The Bertz CT molecular complexity index is 312. The fraction of sp³-hybridized carbons (Fsp3) is 0.571. The van der Waals surface area contributed by atoms with Gasteiger partial charge in [0.05, 0.1) is 6.10 Å². The molecule has 1 atom stereocenters. The maximum absolute atomic E-state index is 11.1. The Morgan fingerprint density at radius 2 is 2.36 bits per heavy atom. The van der Waals surface area contributed by atoms with Gasteiger partial charge in [-0.15, -0.1) is 10.2 Å². The first kappa shape index (κ1) is 10.9. The highest BCUT2D eigenvalue weighted by atomic mass is 32.1. The summed E-state index contributed by atoms with van der Waals surface area (Å²) in [5.41, 5.74) is 0. The van der Waals surface area contributed by atoms with Gasteiger partial charge in [0.1, 0.15) is 5.01 Å². The van der Waals surface area contributed by atoms with E-state index in [4.69, 9.17) is 5.11 Å². The molecule has 0 aromatic carbocycles. The van der Waals surface area contributed by atoms with Crippen molar-refractivity contribution in [3.05, 3.63) is 5.01 Å². The van der Waals surface area contributed by atoms with E-state index in [1.165, 1.54) is 11.3 Å². The van der Waals surface area contributed by atoms with Crippen molar-refractivity contribution in [2.75, 3.05) is 11.9 Å². The van der Waals surface area contributed by atoms with Gasteiger partial charge >= 0.3 is 6.03 Å². The Morgan fingerprint density at radius 1 is 1.64 bits per heavy atom. The molecule has 2 amide bonds. The number of aromatic nitrogens is 2. The molecule has 1 aromatic heterocycles. The van der Waals surface area contributed by atoms with Gasteiger partial charge in [-0.25, -0.2) is 4.79 Å². The molecule has 0 saturated carbocycles. The van der Waals surface area contributed by atoms with Crippen LogP contribution in [0.4, 0.5) is 9.93 Å². The second-order valence-corrected chi connectivity index (χ2v) is 3.99. The van der Waals surface area contributed by atoms with Gasteiger partial charge in [-0.1, -0.05) is 11.3 Å². The van der Waals surface area contributed by atoms with Gasteiger partial charge in [-0.3, -0.25) is 5.32 Å². The summed E-state index contributed by atoms with van der Waals surface area (Å²) >= 11 is 1.29. The van der Waals surface area contributed by atoms with Gasteiger partial charge < -0.3 is 10.4 Å². The molecule has 3 N–H and O–H groups in total. The molecule has 78 valence electrons. The number of carbonyl (C=O) groups is 1. The lowest BCUT2D eigenvalue weighted by Crippen LogP contribution is -2.34. The molecule has 6 nitrogen and oxygen atoms in total. The molecule has 1 rings (SSSR count). The Hall–Kier alpha value is -1.21. The molecular formula is C7H12N4O2S. The Balaban J connectivity index is 2.34. The first-order valence-corrected chi connectivity index (χ1v) is 4.92. The summed E-state index contributed by atoms with van der Waals surface area (Å²) in [4.78, 5) is 11.1. The summed E-state index contributed by atoms with van der Waals surface area (Å²) in [6.07, 6.45) is -0.558. The highest BCUT2D eigenvalue weighted by molar-refractivity contribution is 7.15. The predicted molar refractivity (Wildman–Crippen MR) is 53.3 cm³/mol. The lowest BCUT2D eigenvalue weighted by molar-refractivity contribution is 0.190. The number of nitrogens with one attached hydrogen (secondary N) is 2. The molecule has 0 radical (unpaired) electrons. The fourth-order valence-corrected chi connectivity index (χ4v) is 1.32. The largest absolute Gasteiger partial charge is 0.392 e. The number of carbonyl (C=O) groups excluding carboxylic acids is 1. The second-order valence-electron chi connectivity index (χ2n) is 2.81. The third-order valence-electron chi connectivity index (χ3n) is 1.30. The van der Waals surface area contributed by atoms with Crippen LogP contribution >= 0.6 is 11.3 Å². The number of rotatable bonds is 3. The predicted octanol–water partition coefficient (Wildman–Crippen LogP) is 0.349. The molecule has 0 fully saturated rings. The highest BCUT2D eigenvalue weighted by Crippen LogP contribution is 2.12. The number of aliphatic hydroxyl groups is 1. The number of hydrogen-bond acceptors (Lipinski definition) is 5. The standard InChI is InChI=1S/C7H12N4O2S/c1-4(12)3-8-6(13)9-7-11-10-5(2)14-7/h4,12H,3H2,1-2H3,(H2,8,9,11,13). The smallest absolute Gasteiger partial charge is 0.321 e. The summed E-state index contributed by atoms with van der Waals surface area (Å²) in [6, 6.07) is -0.387. The van der Waals surface area contributed by atoms with Crippen molar-refractivity contribution >= 4 is 22.5 Å². The van der Waals surface area contributed by atoms with Crippen molar-refractivity contribution in [2.45, 2.75) is 20.0 Å². The van der Waals surface area contributed by atoms with Crippen molar-refractivity contribution in [1.82, 2.24) is 15.5 Å². The highest BCUT2D eigenvalue weighted by Gasteiger charge is 2.05. The third kappa shape index (κ3) is 3.67. The number of nitrogens with zero attached hydrogens (tertiary/aromatic N) is 2. The Labute approximate surface area is 85.4 Å². The van der Waals surface area contributed by atoms with Crippen LogP contribution in [-0.4, -0.2) is 34.0 Å². The van der Waals surface area contributed by atoms with Crippen LogP contribution in [0.25, 0.3) is 0 Å². The first-order chi connectivity index (χ1) is 6.58. The van der Waals surface area contributed by atoms with Crippen molar-refractivity contribution in [1.29, 1.82) is 0 Å². The maximum atomic E-state index is 11.1. The van der Waals surface area contributed by atoms with Gasteiger partial charge in [0.2, 0.25) is 5.13 Å². The van der Waals surface area contributed by atoms with Crippen molar-refractivity contribution < 1.29 is 9.90 Å². The van der Waals surface area contributed by atoms with Gasteiger partial charge in [0, 0.05) is 6.54 Å².